The molecule has 0 unspecified atom stereocenters. The smallest absolute Gasteiger partial charge is 0.413 e. The van der Waals surface area contributed by atoms with Crippen LogP contribution in [0.25, 0.3) is 11.5 Å². The number of hydrogen-bond donors (Lipinski definition) is 0. The van der Waals surface area contributed by atoms with Crippen LogP contribution in [-0.4, -0.2) is 66.0 Å². The van der Waals surface area contributed by atoms with E-state index in [-0.39, 0.29) is 18.5 Å². The molecule has 2 aromatic heterocycles. The molecule has 0 N–H and O–H groups in total. The first-order valence-electron chi connectivity index (χ1n) is 10.1. The van der Waals surface area contributed by atoms with Crippen LogP contribution >= 0.6 is 11.3 Å². The van der Waals surface area contributed by atoms with Crippen molar-refractivity contribution in [2.45, 2.75) is 26.6 Å². The minimum Gasteiger partial charge on any atom is -0.413 e. The lowest BCUT2D eigenvalue weighted by Crippen LogP contribution is -2.49. The first kappa shape index (κ1) is 24.1. The molecule has 0 atom stereocenters. The fraction of sp³-hybridized carbons (Fsp3) is 0.400. The molecular weight excluding hydrogens is 493 g/mol. The molecule has 1 saturated heterocycles. The molecule has 0 aliphatic carbocycles. The van der Waals surface area contributed by atoms with Gasteiger partial charge in [-0.2, -0.15) is 13.2 Å². The van der Waals surface area contributed by atoms with Gasteiger partial charge in [-0.1, -0.05) is 17.4 Å². The maximum absolute atomic E-state index is 13.4. The van der Waals surface area contributed by atoms with Gasteiger partial charge in [-0.25, -0.2) is 4.79 Å². The van der Waals surface area contributed by atoms with Crippen molar-refractivity contribution in [2.24, 2.45) is 0 Å². The Morgan fingerprint density at radius 3 is 2.47 bits per heavy atom. The Kier molecular flexibility index (Phi) is 6.38. The zero-order valence-electron chi connectivity index (χ0n) is 18.3. The monoisotopic (exact) mass is 514 g/mol. The summed E-state index contributed by atoms with van der Waals surface area (Å²) in [4.78, 5) is 16.5. The van der Waals surface area contributed by atoms with E-state index >= 15 is 0 Å². The van der Waals surface area contributed by atoms with Crippen molar-refractivity contribution < 1.29 is 26.6 Å². The predicted octanol–water partition coefficient (Wildman–Crippen LogP) is 3.38. The fourth-order valence-electron chi connectivity index (χ4n) is 3.37. The number of carbonyl (C=O) groups excluding carboxylic acids is 1. The molecule has 182 valence electrons. The van der Waals surface area contributed by atoms with Gasteiger partial charge in [0, 0.05) is 30.2 Å². The zero-order chi connectivity index (χ0) is 24.7. The summed E-state index contributed by atoms with van der Waals surface area (Å²) in [6.07, 6.45) is -4.73. The van der Waals surface area contributed by atoms with Gasteiger partial charge in [0.15, 0.2) is 0 Å². The summed E-state index contributed by atoms with van der Waals surface area (Å²) in [6.45, 7) is 4.36. The van der Waals surface area contributed by atoms with Crippen LogP contribution in [0.4, 0.5) is 23.1 Å². The van der Waals surface area contributed by atoms with Crippen molar-refractivity contribution in [2.75, 3.05) is 29.5 Å². The second kappa shape index (κ2) is 8.98. The topological polar surface area (TPSA) is 105 Å². The molecule has 2 amide bonds. The third kappa shape index (κ3) is 5.22. The van der Waals surface area contributed by atoms with Crippen LogP contribution in [0.1, 0.15) is 22.0 Å². The van der Waals surface area contributed by atoms with Crippen LogP contribution in [0.2, 0.25) is 0 Å². The Hall–Kier alpha value is -3.00. The van der Waals surface area contributed by atoms with Crippen LogP contribution in [0.15, 0.2) is 22.6 Å². The number of alkyl halides is 3. The fourth-order valence-corrected chi connectivity index (χ4v) is 5.36. The van der Waals surface area contributed by atoms with E-state index in [1.54, 1.807) is 36.9 Å². The van der Waals surface area contributed by atoms with Gasteiger partial charge in [-0.15, -0.1) is 20.4 Å². The molecule has 14 heteroatoms. The maximum Gasteiger partial charge on any atom is 0.470 e. The molecule has 3 aromatic rings. The molecule has 1 aliphatic rings. The molecule has 0 radical (unpaired) electrons. The Balaban J connectivity index is 1.59. The van der Waals surface area contributed by atoms with Gasteiger partial charge in [-0.3, -0.25) is 9.11 Å². The van der Waals surface area contributed by atoms with Gasteiger partial charge >= 0.3 is 18.1 Å². The highest BCUT2D eigenvalue weighted by Crippen LogP contribution is 2.31. The number of benzene rings is 1. The largest absolute Gasteiger partial charge is 0.470 e. The number of hydrogen-bond acceptors (Lipinski definition) is 8. The average Bonchev–Trinajstić information content (AvgIpc) is 3.42. The summed E-state index contributed by atoms with van der Waals surface area (Å²) < 4.78 is 55.3. The van der Waals surface area contributed by atoms with Gasteiger partial charge in [-0.05, 0) is 52.5 Å². The second-order valence-corrected chi connectivity index (χ2v) is 11.8. The molecule has 1 fully saturated rings. The number of anilines is 1. The molecule has 0 bridgehead atoms. The number of halogens is 3. The summed E-state index contributed by atoms with van der Waals surface area (Å²) in [5.41, 5.74) is 1.79. The van der Waals surface area contributed by atoms with Gasteiger partial charge in [0.2, 0.25) is 11.0 Å². The Morgan fingerprint density at radius 2 is 1.91 bits per heavy atom. The second-order valence-electron chi connectivity index (χ2n) is 7.88. The number of nitrogens with zero attached hydrogens (tertiary/aromatic N) is 6. The number of urea groups is 1. The van der Waals surface area contributed by atoms with E-state index in [0.717, 1.165) is 5.56 Å². The predicted molar refractivity (Wildman–Crippen MR) is 122 cm³/mol. The molecule has 34 heavy (non-hydrogen) atoms. The summed E-state index contributed by atoms with van der Waals surface area (Å²) in [5.74, 6) is 2.73. The number of rotatable bonds is 4. The lowest BCUT2D eigenvalue weighted by molar-refractivity contribution is -0.156. The van der Waals surface area contributed by atoms with E-state index in [9.17, 15) is 22.2 Å². The highest BCUT2D eigenvalue weighted by Gasteiger charge is 2.38. The van der Waals surface area contributed by atoms with E-state index < -0.39 is 21.6 Å². The third-order valence-electron chi connectivity index (χ3n) is 5.30. The molecule has 0 saturated carbocycles. The quantitative estimate of drug-likeness (QED) is 0.492. The van der Waals surface area contributed by atoms with Crippen LogP contribution < -0.4 is 4.90 Å². The van der Waals surface area contributed by atoms with E-state index in [1.165, 1.54) is 16.2 Å². The highest BCUT2D eigenvalue weighted by atomic mass is 32.2. The zero-order valence-corrected chi connectivity index (χ0v) is 20.0. The van der Waals surface area contributed by atoms with Gasteiger partial charge in [0.05, 0.1) is 6.54 Å². The normalized spacial score (nSPS) is 16.0. The molecule has 0 spiro atoms. The number of aryl methyl sites for hydroxylation is 2. The van der Waals surface area contributed by atoms with Crippen molar-refractivity contribution in [3.05, 3.63) is 40.2 Å². The summed E-state index contributed by atoms with van der Waals surface area (Å²) in [6, 6.07) is 4.58. The standard InChI is InChI=1S/C20H21F3N6O3S2/c1-12-10-14(16-25-26-17(32-16)20(21,22)23)4-5-15(12)11-29(18-27-24-13(2)33-18)19(30)28-6-8-34(3,31)9-7-28/h4-5,10H,3,6-9,11H2,1-2H3. The first-order valence-corrected chi connectivity index (χ1v) is 13.0. The lowest BCUT2D eigenvalue weighted by Gasteiger charge is -2.33. The first-order chi connectivity index (χ1) is 15.9. The van der Waals surface area contributed by atoms with Crippen LogP contribution in [0.5, 0.6) is 0 Å². The minimum absolute atomic E-state index is 0.160. The summed E-state index contributed by atoms with van der Waals surface area (Å²) in [5, 5.41) is 15.8. The van der Waals surface area contributed by atoms with Crippen molar-refractivity contribution in [1.29, 1.82) is 0 Å². The lowest BCUT2D eigenvalue weighted by atomic mass is 10.0. The number of amides is 2. The summed E-state index contributed by atoms with van der Waals surface area (Å²) >= 11 is 1.27. The molecule has 9 nitrogen and oxygen atoms in total. The number of carbonyl (C=O) groups is 1. The molecular formula is C20H21F3N6O3S2. The minimum atomic E-state index is -4.73. The molecule has 1 aliphatic heterocycles. The van der Waals surface area contributed by atoms with Gasteiger partial charge in [0.1, 0.15) is 5.01 Å². The van der Waals surface area contributed by atoms with Crippen molar-refractivity contribution in [3.8, 4) is 11.5 Å². The van der Waals surface area contributed by atoms with Crippen molar-refractivity contribution >= 4 is 37.9 Å². The summed E-state index contributed by atoms with van der Waals surface area (Å²) in [7, 11) is -2.17. The molecule has 3 heterocycles. The van der Waals surface area contributed by atoms with Crippen LogP contribution in [0.3, 0.4) is 0 Å². The van der Waals surface area contributed by atoms with E-state index in [0.29, 0.717) is 45.9 Å². The van der Waals surface area contributed by atoms with Gasteiger partial charge in [0.25, 0.3) is 0 Å². The Labute approximate surface area is 197 Å². The number of aromatic nitrogens is 4. The third-order valence-corrected chi connectivity index (χ3v) is 8.01. The van der Waals surface area contributed by atoms with Crippen molar-refractivity contribution in [1.82, 2.24) is 25.3 Å². The molecule has 1 aromatic carbocycles. The maximum atomic E-state index is 13.4. The molecule has 4 rings (SSSR count). The Bertz CT molecular complexity index is 1310. The SMILES string of the molecule is C=S1(=O)CCN(C(=O)N(Cc2ccc(-c3nnc(C(F)(F)F)o3)cc2C)c2nnc(C)s2)CC1. The van der Waals surface area contributed by atoms with Crippen LogP contribution in [-0.2, 0) is 22.2 Å². The Morgan fingerprint density at radius 1 is 1.21 bits per heavy atom. The van der Waals surface area contributed by atoms with Crippen LogP contribution in [0, 0.1) is 13.8 Å². The highest BCUT2D eigenvalue weighted by molar-refractivity contribution is 8.00. The van der Waals surface area contributed by atoms with Gasteiger partial charge < -0.3 is 9.32 Å². The van der Waals surface area contributed by atoms with Crippen molar-refractivity contribution in [3.63, 3.8) is 0 Å². The van der Waals surface area contributed by atoms with E-state index in [2.05, 4.69) is 26.3 Å². The average molecular weight is 515 g/mol. The van der Waals surface area contributed by atoms with E-state index in [1.807, 2.05) is 0 Å². The van der Waals surface area contributed by atoms with E-state index in [4.69, 9.17) is 4.42 Å².